The lowest BCUT2D eigenvalue weighted by molar-refractivity contribution is -0.128. The van der Waals surface area contributed by atoms with Gasteiger partial charge >= 0.3 is 0 Å². The molecular weight excluding hydrogens is 398 g/mol. The van der Waals surface area contributed by atoms with Crippen LogP contribution in [0, 0.1) is 5.41 Å². The molecule has 1 aromatic carbocycles. The number of hydrogen-bond donors (Lipinski definition) is 5. The molecule has 1 saturated heterocycles. The summed E-state index contributed by atoms with van der Waals surface area (Å²) >= 11 is 0. The molecule has 0 bridgehead atoms. The van der Waals surface area contributed by atoms with E-state index in [1.54, 1.807) is 12.1 Å². The molecule has 31 heavy (non-hydrogen) atoms. The normalized spacial score (nSPS) is 23.4. The second kappa shape index (κ2) is 9.65. The van der Waals surface area contributed by atoms with Gasteiger partial charge in [0.25, 0.3) is 5.91 Å². The number of carbonyl (C=O) groups is 3. The maximum absolute atomic E-state index is 13.2. The molecule has 170 valence electrons. The molecule has 9 heteroatoms. The average Bonchev–Trinajstić information content (AvgIpc) is 3.33. The first-order valence-electron chi connectivity index (χ1n) is 10.9. The van der Waals surface area contributed by atoms with E-state index in [1.807, 2.05) is 6.92 Å². The summed E-state index contributed by atoms with van der Waals surface area (Å²) < 4.78 is 5.46. The number of hydrazine groups is 1. The molecule has 2 amide bonds. The van der Waals surface area contributed by atoms with Gasteiger partial charge in [-0.15, -0.1) is 0 Å². The number of hydrogen-bond acceptors (Lipinski definition) is 7. The molecule has 0 spiro atoms. The maximum Gasteiger partial charge on any atom is 0.252 e. The second-order valence-electron chi connectivity index (χ2n) is 8.90. The van der Waals surface area contributed by atoms with Crippen LogP contribution in [0.15, 0.2) is 18.2 Å². The predicted molar refractivity (Wildman–Crippen MR) is 118 cm³/mol. The zero-order valence-corrected chi connectivity index (χ0v) is 18.2. The molecule has 2 aliphatic rings. The van der Waals surface area contributed by atoms with Crippen molar-refractivity contribution in [2.24, 2.45) is 11.3 Å². The van der Waals surface area contributed by atoms with Crippen LogP contribution in [0.1, 0.15) is 62.7 Å². The van der Waals surface area contributed by atoms with Crippen molar-refractivity contribution in [3.63, 3.8) is 0 Å². The minimum Gasteiger partial charge on any atom is -0.397 e. The summed E-state index contributed by atoms with van der Waals surface area (Å²) in [5.74, 6) is 4.48. The predicted octanol–water partition coefficient (Wildman–Crippen LogP) is 1.49. The van der Waals surface area contributed by atoms with Crippen molar-refractivity contribution in [3.05, 3.63) is 23.8 Å². The number of amides is 2. The minimum absolute atomic E-state index is 0.000994. The summed E-state index contributed by atoms with van der Waals surface area (Å²) in [5, 5.41) is 5.69. The molecule has 1 saturated carbocycles. The highest BCUT2D eigenvalue weighted by atomic mass is 16.5. The molecule has 0 radical (unpaired) electrons. The molecule has 7 N–H and O–H groups in total. The summed E-state index contributed by atoms with van der Waals surface area (Å²) in [4.78, 5) is 38.3. The first-order valence-corrected chi connectivity index (χ1v) is 10.9. The molecule has 1 aliphatic heterocycles. The van der Waals surface area contributed by atoms with Gasteiger partial charge in [0.15, 0.2) is 5.78 Å². The van der Waals surface area contributed by atoms with E-state index >= 15 is 0 Å². The number of carbonyl (C=O) groups excluding carboxylic acids is 3. The fraction of sp³-hybridized carbons (Fsp3) is 0.591. The molecule has 1 aromatic rings. The number of nitrogen functional groups attached to an aromatic ring is 2. The fourth-order valence-electron chi connectivity index (χ4n) is 4.58. The van der Waals surface area contributed by atoms with Gasteiger partial charge in [0.1, 0.15) is 18.7 Å². The lowest BCUT2D eigenvalue weighted by Crippen LogP contribution is -2.54. The molecule has 0 aromatic heterocycles. The van der Waals surface area contributed by atoms with E-state index < -0.39 is 18.0 Å². The van der Waals surface area contributed by atoms with E-state index in [-0.39, 0.29) is 29.8 Å². The van der Waals surface area contributed by atoms with Crippen molar-refractivity contribution in [2.45, 2.75) is 70.6 Å². The van der Waals surface area contributed by atoms with Crippen LogP contribution in [-0.4, -0.2) is 42.4 Å². The molecule has 1 heterocycles. The van der Waals surface area contributed by atoms with Crippen LogP contribution in [0.3, 0.4) is 0 Å². The second-order valence-corrected chi connectivity index (χ2v) is 8.90. The SMILES string of the molecule is CC[C@@H]1OCC(=O)[C@H]1NC(=O)C(CC1(C)CCCC1)NC(=O)c1ccc(NN)c(N)c1. The van der Waals surface area contributed by atoms with Gasteiger partial charge in [-0.3, -0.25) is 20.2 Å². The quantitative estimate of drug-likeness (QED) is 0.238. The van der Waals surface area contributed by atoms with Gasteiger partial charge in [-0.1, -0.05) is 26.7 Å². The van der Waals surface area contributed by atoms with E-state index in [4.69, 9.17) is 16.3 Å². The number of rotatable bonds is 8. The Morgan fingerprint density at radius 3 is 2.61 bits per heavy atom. The number of ketones is 1. The molecule has 1 unspecified atom stereocenters. The summed E-state index contributed by atoms with van der Waals surface area (Å²) in [7, 11) is 0. The van der Waals surface area contributed by atoms with Gasteiger partial charge in [-0.25, -0.2) is 0 Å². The monoisotopic (exact) mass is 431 g/mol. The Morgan fingerprint density at radius 1 is 1.29 bits per heavy atom. The van der Waals surface area contributed by atoms with E-state index in [0.717, 1.165) is 25.7 Å². The third-order valence-electron chi connectivity index (χ3n) is 6.46. The molecular formula is C22H33N5O4. The Hall–Kier alpha value is -2.65. The third-order valence-corrected chi connectivity index (χ3v) is 6.46. The van der Waals surface area contributed by atoms with Gasteiger partial charge < -0.3 is 26.5 Å². The zero-order chi connectivity index (χ0) is 22.6. The third kappa shape index (κ3) is 5.34. The van der Waals surface area contributed by atoms with Crippen LogP contribution in [0.2, 0.25) is 0 Å². The van der Waals surface area contributed by atoms with Crippen molar-refractivity contribution in [1.29, 1.82) is 0 Å². The maximum atomic E-state index is 13.2. The Kier molecular flexibility index (Phi) is 7.17. The van der Waals surface area contributed by atoms with Crippen LogP contribution in [0.25, 0.3) is 0 Å². The van der Waals surface area contributed by atoms with Crippen molar-refractivity contribution in [1.82, 2.24) is 10.6 Å². The van der Waals surface area contributed by atoms with Crippen LogP contribution < -0.4 is 27.6 Å². The highest BCUT2D eigenvalue weighted by molar-refractivity contribution is 6.00. The van der Waals surface area contributed by atoms with Crippen LogP contribution >= 0.6 is 0 Å². The van der Waals surface area contributed by atoms with E-state index in [1.165, 1.54) is 6.07 Å². The van der Waals surface area contributed by atoms with Crippen molar-refractivity contribution < 1.29 is 19.1 Å². The number of nitrogens with one attached hydrogen (secondary N) is 3. The van der Waals surface area contributed by atoms with Gasteiger partial charge in [0.2, 0.25) is 5.91 Å². The number of nitrogens with two attached hydrogens (primary N) is 2. The van der Waals surface area contributed by atoms with Gasteiger partial charge in [0.05, 0.1) is 17.5 Å². The Morgan fingerprint density at radius 2 is 2.00 bits per heavy atom. The largest absolute Gasteiger partial charge is 0.397 e. The van der Waals surface area contributed by atoms with Crippen molar-refractivity contribution in [3.8, 4) is 0 Å². The number of benzene rings is 1. The first-order chi connectivity index (χ1) is 14.8. The Balaban J connectivity index is 1.77. The van der Waals surface area contributed by atoms with Crippen LogP contribution in [0.4, 0.5) is 11.4 Å². The molecule has 3 rings (SSSR count). The number of anilines is 2. The van der Waals surface area contributed by atoms with Crippen molar-refractivity contribution in [2.75, 3.05) is 17.8 Å². The fourth-order valence-corrected chi connectivity index (χ4v) is 4.58. The Bertz CT molecular complexity index is 837. The summed E-state index contributed by atoms with van der Waals surface area (Å²) in [6, 6.07) is 3.26. The summed E-state index contributed by atoms with van der Waals surface area (Å²) in [6.45, 7) is 4.05. The van der Waals surface area contributed by atoms with E-state index in [2.05, 4.69) is 23.0 Å². The average molecular weight is 432 g/mol. The van der Waals surface area contributed by atoms with Gasteiger partial charge in [-0.2, -0.15) is 0 Å². The zero-order valence-electron chi connectivity index (χ0n) is 18.2. The highest BCUT2D eigenvalue weighted by Gasteiger charge is 2.39. The van der Waals surface area contributed by atoms with Crippen LogP contribution in [-0.2, 0) is 14.3 Å². The van der Waals surface area contributed by atoms with E-state index in [9.17, 15) is 14.4 Å². The van der Waals surface area contributed by atoms with Gasteiger partial charge in [0, 0.05) is 5.56 Å². The molecule has 2 fully saturated rings. The highest BCUT2D eigenvalue weighted by Crippen LogP contribution is 2.41. The minimum atomic E-state index is -0.768. The first kappa shape index (κ1) is 23.0. The number of ether oxygens (including phenoxy) is 1. The van der Waals surface area contributed by atoms with Crippen molar-refractivity contribution >= 4 is 29.0 Å². The molecule has 1 aliphatic carbocycles. The number of Topliss-reactive ketones (excluding diaryl/α,β-unsaturated/α-hetero) is 1. The van der Waals surface area contributed by atoms with E-state index in [0.29, 0.717) is 29.8 Å². The van der Waals surface area contributed by atoms with Gasteiger partial charge in [-0.05, 0) is 49.3 Å². The standard InChI is InChI=1S/C22H33N5O4/c1-3-18-19(17(28)12-31-18)26-21(30)16(11-22(2)8-4-5-9-22)25-20(29)13-6-7-15(27-24)14(23)10-13/h6-7,10,16,18-19,27H,3-5,8-9,11-12,23-24H2,1-2H3,(H,25,29)(H,26,30)/t16?,18-,19+/m0/s1. The lowest BCUT2D eigenvalue weighted by Gasteiger charge is -2.30. The topological polar surface area (TPSA) is 149 Å². The molecule has 9 nitrogen and oxygen atoms in total. The smallest absolute Gasteiger partial charge is 0.252 e. The summed E-state index contributed by atoms with van der Waals surface area (Å²) in [5.41, 5.74) is 9.51. The molecule has 3 atom stereocenters. The lowest BCUT2D eigenvalue weighted by atomic mass is 9.81. The summed E-state index contributed by atoms with van der Waals surface area (Å²) in [6.07, 6.45) is 4.99. The Labute approximate surface area is 182 Å². The van der Waals surface area contributed by atoms with Crippen LogP contribution in [0.5, 0.6) is 0 Å².